The van der Waals surface area contributed by atoms with Gasteiger partial charge in [0.15, 0.2) is 6.10 Å². The number of anilines is 1. The smallest absolute Gasteiger partial charge is 0.267 e. The Balaban J connectivity index is 2.48. The molecule has 0 bridgehead atoms. The molecule has 1 aromatic carbocycles. The van der Waals surface area contributed by atoms with E-state index in [2.05, 4.69) is 10.0 Å². The van der Waals surface area contributed by atoms with E-state index in [0.29, 0.717) is 17.1 Å². The molecule has 1 aliphatic heterocycles. The molecule has 0 saturated carbocycles. The minimum absolute atomic E-state index is 0.0935. The van der Waals surface area contributed by atoms with Crippen molar-refractivity contribution >= 4 is 17.3 Å². The second-order valence-electron chi connectivity index (χ2n) is 3.50. The van der Waals surface area contributed by atoms with E-state index in [0.717, 1.165) is 0 Å². The van der Waals surface area contributed by atoms with Gasteiger partial charge in [-0.25, -0.2) is 0 Å². The van der Waals surface area contributed by atoms with Crippen LogP contribution in [0.2, 0.25) is 0 Å². The number of rotatable bonds is 1. The van der Waals surface area contributed by atoms with Gasteiger partial charge in [-0.15, -0.1) is 0 Å². The monoisotopic (exact) mass is 218 g/mol. The zero-order chi connectivity index (χ0) is 11.7. The minimum atomic E-state index is -0.515. The van der Waals surface area contributed by atoms with E-state index < -0.39 is 6.10 Å². The van der Waals surface area contributed by atoms with Crippen molar-refractivity contribution in [2.24, 2.45) is 5.11 Å². The van der Waals surface area contributed by atoms with Crippen molar-refractivity contribution in [2.45, 2.75) is 13.0 Å². The number of carbonyl (C=O) groups excluding carboxylic acids is 1. The van der Waals surface area contributed by atoms with E-state index in [1.165, 1.54) is 4.90 Å². The van der Waals surface area contributed by atoms with Crippen LogP contribution in [-0.4, -0.2) is 19.1 Å². The maximum atomic E-state index is 11.6. The molecule has 0 fully saturated rings. The highest BCUT2D eigenvalue weighted by atomic mass is 16.5. The summed E-state index contributed by atoms with van der Waals surface area (Å²) in [7, 11) is 1.69. The number of likely N-dealkylation sites (N-methyl/N-ethyl adjacent to an activating group) is 1. The number of benzene rings is 1. The third-order valence-corrected chi connectivity index (χ3v) is 2.45. The Morgan fingerprint density at radius 1 is 1.56 bits per heavy atom. The summed E-state index contributed by atoms with van der Waals surface area (Å²) < 4.78 is 5.43. The molecule has 0 N–H and O–H groups in total. The number of nitrogens with zero attached hydrogens (tertiary/aromatic N) is 4. The minimum Gasteiger partial charge on any atom is -0.479 e. The zero-order valence-corrected chi connectivity index (χ0v) is 8.91. The Morgan fingerprint density at radius 2 is 2.31 bits per heavy atom. The van der Waals surface area contributed by atoms with Crippen LogP contribution < -0.4 is 9.64 Å². The molecule has 16 heavy (non-hydrogen) atoms. The van der Waals surface area contributed by atoms with E-state index in [1.807, 2.05) is 0 Å². The van der Waals surface area contributed by atoms with Gasteiger partial charge >= 0.3 is 0 Å². The van der Waals surface area contributed by atoms with Crippen molar-refractivity contribution in [3.63, 3.8) is 0 Å². The Morgan fingerprint density at radius 3 is 3.00 bits per heavy atom. The van der Waals surface area contributed by atoms with Gasteiger partial charge in [-0.1, -0.05) is 11.2 Å². The molecule has 1 amide bonds. The third kappa shape index (κ3) is 1.55. The first-order valence-electron chi connectivity index (χ1n) is 4.77. The third-order valence-electron chi connectivity index (χ3n) is 2.45. The number of hydrogen-bond acceptors (Lipinski definition) is 3. The van der Waals surface area contributed by atoms with Crippen LogP contribution in [0.1, 0.15) is 6.92 Å². The largest absolute Gasteiger partial charge is 0.479 e. The molecule has 1 unspecified atom stereocenters. The van der Waals surface area contributed by atoms with E-state index in [4.69, 9.17) is 10.3 Å². The number of carbonyl (C=O) groups is 1. The lowest BCUT2D eigenvalue weighted by Gasteiger charge is -2.30. The van der Waals surface area contributed by atoms with Crippen LogP contribution in [0.5, 0.6) is 5.75 Å². The van der Waals surface area contributed by atoms with Crippen molar-refractivity contribution in [3.8, 4) is 5.75 Å². The van der Waals surface area contributed by atoms with Crippen LogP contribution in [0.25, 0.3) is 10.4 Å². The molecular weight excluding hydrogens is 208 g/mol. The van der Waals surface area contributed by atoms with Crippen molar-refractivity contribution < 1.29 is 9.53 Å². The highest BCUT2D eigenvalue weighted by molar-refractivity contribution is 5.99. The van der Waals surface area contributed by atoms with Crippen molar-refractivity contribution in [2.75, 3.05) is 11.9 Å². The van der Waals surface area contributed by atoms with Crippen LogP contribution in [0.4, 0.5) is 11.4 Å². The summed E-state index contributed by atoms with van der Waals surface area (Å²) in [6.45, 7) is 1.68. The van der Waals surface area contributed by atoms with Crippen molar-refractivity contribution in [3.05, 3.63) is 28.6 Å². The van der Waals surface area contributed by atoms with Crippen molar-refractivity contribution in [1.82, 2.24) is 0 Å². The van der Waals surface area contributed by atoms with Gasteiger partial charge in [-0.05, 0) is 24.6 Å². The van der Waals surface area contributed by atoms with Gasteiger partial charge in [0.1, 0.15) is 5.75 Å². The first-order valence-corrected chi connectivity index (χ1v) is 4.77. The Hall–Kier alpha value is -2.20. The van der Waals surface area contributed by atoms with Gasteiger partial charge in [0.05, 0.1) is 5.69 Å². The Kier molecular flexibility index (Phi) is 2.42. The van der Waals surface area contributed by atoms with Gasteiger partial charge in [0.25, 0.3) is 5.91 Å². The van der Waals surface area contributed by atoms with Crippen LogP contribution in [0, 0.1) is 0 Å². The second kappa shape index (κ2) is 3.75. The normalized spacial score (nSPS) is 18.5. The molecule has 1 aliphatic rings. The van der Waals surface area contributed by atoms with Crippen LogP contribution in [0.15, 0.2) is 23.3 Å². The summed E-state index contributed by atoms with van der Waals surface area (Å²) >= 11 is 0. The van der Waals surface area contributed by atoms with Gasteiger partial charge < -0.3 is 9.64 Å². The first kappa shape index (κ1) is 10.3. The average molecular weight is 218 g/mol. The number of amides is 1. The Labute approximate surface area is 92.1 Å². The molecule has 6 nitrogen and oxygen atoms in total. The molecule has 1 atom stereocenters. The van der Waals surface area contributed by atoms with Crippen LogP contribution in [0.3, 0.4) is 0 Å². The van der Waals surface area contributed by atoms with E-state index >= 15 is 0 Å². The molecule has 6 heteroatoms. The van der Waals surface area contributed by atoms with E-state index in [-0.39, 0.29) is 5.91 Å². The molecule has 1 aromatic rings. The van der Waals surface area contributed by atoms with Gasteiger partial charge in [-0.3, -0.25) is 4.79 Å². The first-order chi connectivity index (χ1) is 7.63. The molecular formula is C10H10N4O2. The predicted octanol–water partition coefficient (Wildman–Crippen LogP) is 2.37. The predicted molar refractivity (Wildman–Crippen MR) is 58.7 cm³/mol. The fraction of sp³-hybridized carbons (Fsp3) is 0.300. The van der Waals surface area contributed by atoms with Crippen LogP contribution in [-0.2, 0) is 4.79 Å². The molecule has 0 aliphatic carbocycles. The quantitative estimate of drug-likeness (QED) is 0.412. The standard InChI is InChI=1S/C10H10N4O2/c1-6-10(15)14(2)8-4-3-7(12-13-11)5-9(8)16-6/h3-6H,1-2H3. The van der Waals surface area contributed by atoms with Gasteiger partial charge in [-0.2, -0.15) is 0 Å². The summed E-state index contributed by atoms with van der Waals surface area (Å²) in [5, 5.41) is 3.48. The topological polar surface area (TPSA) is 78.3 Å². The lowest BCUT2D eigenvalue weighted by molar-refractivity contribution is -0.125. The molecule has 0 radical (unpaired) electrons. The molecule has 0 saturated heterocycles. The van der Waals surface area contributed by atoms with Crippen LogP contribution >= 0.6 is 0 Å². The average Bonchev–Trinajstić information content (AvgIpc) is 2.26. The number of azide groups is 1. The number of ether oxygens (including phenoxy) is 1. The number of fused-ring (bicyclic) bond motifs is 1. The fourth-order valence-electron chi connectivity index (χ4n) is 1.62. The summed E-state index contributed by atoms with van der Waals surface area (Å²) in [6.07, 6.45) is -0.515. The highest BCUT2D eigenvalue weighted by Gasteiger charge is 2.28. The fourth-order valence-corrected chi connectivity index (χ4v) is 1.62. The summed E-state index contributed by atoms with van der Waals surface area (Å²) in [6, 6.07) is 4.96. The SMILES string of the molecule is CC1Oc2cc(N=[N+]=[N-])ccc2N(C)C1=O. The zero-order valence-electron chi connectivity index (χ0n) is 8.91. The molecule has 0 spiro atoms. The Bertz CT molecular complexity index is 494. The van der Waals surface area contributed by atoms with Crippen molar-refractivity contribution in [1.29, 1.82) is 0 Å². The molecule has 2 rings (SSSR count). The summed E-state index contributed by atoms with van der Waals surface area (Å²) in [5.41, 5.74) is 9.47. The summed E-state index contributed by atoms with van der Waals surface area (Å²) in [5.74, 6) is 0.462. The van der Waals surface area contributed by atoms with Gasteiger partial charge in [0.2, 0.25) is 0 Å². The van der Waals surface area contributed by atoms with E-state index in [1.54, 1.807) is 32.2 Å². The van der Waals surface area contributed by atoms with E-state index in [9.17, 15) is 4.79 Å². The molecule has 1 heterocycles. The molecule has 0 aromatic heterocycles. The van der Waals surface area contributed by atoms with Gasteiger partial charge in [0, 0.05) is 17.6 Å². The lowest BCUT2D eigenvalue weighted by Crippen LogP contribution is -2.41. The second-order valence-corrected chi connectivity index (χ2v) is 3.50. The summed E-state index contributed by atoms with van der Waals surface area (Å²) in [4.78, 5) is 15.8. The lowest BCUT2D eigenvalue weighted by atomic mass is 10.2. The molecule has 82 valence electrons. The maximum Gasteiger partial charge on any atom is 0.267 e. The maximum absolute atomic E-state index is 11.6. The number of hydrogen-bond donors (Lipinski definition) is 0. The highest BCUT2D eigenvalue weighted by Crippen LogP contribution is 2.36.